The van der Waals surface area contributed by atoms with Crippen molar-refractivity contribution in [3.8, 4) is 24.2 Å². The number of terminal acetylenes is 1. The van der Waals surface area contributed by atoms with Crippen molar-refractivity contribution in [3.05, 3.63) is 35.4 Å². The third-order valence-electron chi connectivity index (χ3n) is 3.58. The van der Waals surface area contributed by atoms with Crippen LogP contribution in [0.25, 0.3) is 0 Å². The second-order valence-electron chi connectivity index (χ2n) is 6.08. The topological polar surface area (TPSA) is 9.23 Å². The Labute approximate surface area is 126 Å². The number of hydrogen-bond acceptors (Lipinski definition) is 2. The summed E-state index contributed by atoms with van der Waals surface area (Å²) < 4.78 is 6.02. The summed E-state index contributed by atoms with van der Waals surface area (Å²) in [6.45, 7) is 7.67. The van der Waals surface area contributed by atoms with E-state index in [1.54, 1.807) is 0 Å². The van der Waals surface area contributed by atoms with Gasteiger partial charge in [-0.25, -0.2) is 0 Å². The largest absolute Gasteiger partial charge is 0.362 e. The second kappa shape index (κ2) is 6.40. The first-order valence-corrected chi connectivity index (χ1v) is 7.85. The SMILES string of the molecule is C#CC#Cc1ccc([C@H]2OC[C@H](C(C)(C)C)CS2)cc1. The summed E-state index contributed by atoms with van der Waals surface area (Å²) in [6.07, 6.45) is 5.12. The van der Waals surface area contributed by atoms with Crippen molar-refractivity contribution >= 4 is 11.8 Å². The highest BCUT2D eigenvalue weighted by Gasteiger charge is 2.31. The molecule has 1 saturated heterocycles. The van der Waals surface area contributed by atoms with E-state index < -0.39 is 0 Å². The van der Waals surface area contributed by atoms with E-state index in [4.69, 9.17) is 11.2 Å². The molecule has 2 rings (SSSR count). The van der Waals surface area contributed by atoms with Gasteiger partial charge in [-0.3, -0.25) is 0 Å². The van der Waals surface area contributed by atoms with Gasteiger partial charge in [0.15, 0.2) is 0 Å². The highest BCUT2D eigenvalue weighted by molar-refractivity contribution is 7.99. The zero-order valence-corrected chi connectivity index (χ0v) is 13.1. The Morgan fingerprint density at radius 1 is 1.25 bits per heavy atom. The minimum absolute atomic E-state index is 0.142. The number of benzene rings is 1. The van der Waals surface area contributed by atoms with Crippen molar-refractivity contribution in [2.45, 2.75) is 26.2 Å². The summed E-state index contributed by atoms with van der Waals surface area (Å²) in [7, 11) is 0. The Hall–Kier alpha value is -1.35. The molecule has 2 atom stereocenters. The fraction of sp³-hybridized carbons (Fsp3) is 0.444. The van der Waals surface area contributed by atoms with E-state index in [0.717, 1.165) is 17.9 Å². The van der Waals surface area contributed by atoms with Crippen LogP contribution in [0.3, 0.4) is 0 Å². The Morgan fingerprint density at radius 2 is 1.95 bits per heavy atom. The van der Waals surface area contributed by atoms with Crippen molar-refractivity contribution in [2.24, 2.45) is 11.3 Å². The summed E-state index contributed by atoms with van der Waals surface area (Å²) in [5, 5.41) is 0. The van der Waals surface area contributed by atoms with Crippen LogP contribution < -0.4 is 0 Å². The highest BCUT2D eigenvalue weighted by atomic mass is 32.2. The van der Waals surface area contributed by atoms with Gasteiger partial charge in [0.2, 0.25) is 0 Å². The van der Waals surface area contributed by atoms with Gasteiger partial charge in [-0.1, -0.05) is 38.8 Å². The molecule has 0 radical (unpaired) electrons. The lowest BCUT2D eigenvalue weighted by Crippen LogP contribution is -2.31. The maximum absolute atomic E-state index is 6.02. The molecule has 1 aliphatic heterocycles. The van der Waals surface area contributed by atoms with Crippen molar-refractivity contribution in [1.29, 1.82) is 0 Å². The molecule has 0 N–H and O–H groups in total. The number of hydrogen-bond donors (Lipinski definition) is 0. The van der Waals surface area contributed by atoms with Gasteiger partial charge in [0.1, 0.15) is 5.44 Å². The molecule has 0 unspecified atom stereocenters. The van der Waals surface area contributed by atoms with Gasteiger partial charge in [-0.15, -0.1) is 18.2 Å². The first kappa shape index (κ1) is 15.0. The summed E-state index contributed by atoms with van der Waals surface area (Å²) in [4.78, 5) is 0. The van der Waals surface area contributed by atoms with Crippen LogP contribution in [0.2, 0.25) is 0 Å². The van der Waals surface area contributed by atoms with E-state index in [-0.39, 0.29) is 5.44 Å². The fourth-order valence-corrected chi connectivity index (χ4v) is 3.56. The maximum atomic E-state index is 6.02. The quantitative estimate of drug-likeness (QED) is 0.718. The van der Waals surface area contributed by atoms with Gasteiger partial charge in [0, 0.05) is 11.3 Å². The summed E-state index contributed by atoms with van der Waals surface area (Å²) in [5.74, 6) is 9.63. The summed E-state index contributed by atoms with van der Waals surface area (Å²) in [6, 6.07) is 8.16. The number of thioether (sulfide) groups is 1. The molecule has 2 heteroatoms. The molecule has 1 heterocycles. The van der Waals surface area contributed by atoms with E-state index in [2.05, 4.69) is 50.7 Å². The van der Waals surface area contributed by atoms with Gasteiger partial charge in [-0.2, -0.15) is 0 Å². The Morgan fingerprint density at radius 3 is 2.45 bits per heavy atom. The van der Waals surface area contributed by atoms with Crippen LogP contribution in [-0.2, 0) is 4.74 Å². The molecule has 0 aromatic heterocycles. The molecule has 20 heavy (non-hydrogen) atoms. The number of rotatable bonds is 1. The molecule has 1 aromatic rings. The van der Waals surface area contributed by atoms with Crippen LogP contribution in [0.5, 0.6) is 0 Å². The molecule has 1 fully saturated rings. The normalized spacial score (nSPS) is 22.5. The lowest BCUT2D eigenvalue weighted by atomic mass is 9.82. The standard InChI is InChI=1S/C18H20OS/c1-5-6-7-14-8-10-15(11-9-14)17-19-12-16(13-20-17)18(2,3)4/h1,8-11,16-17H,12-13H2,2-4H3/t16-,17-/m0/s1. The average molecular weight is 284 g/mol. The average Bonchev–Trinajstić information content (AvgIpc) is 2.45. The van der Waals surface area contributed by atoms with Gasteiger partial charge >= 0.3 is 0 Å². The Bertz CT molecular complexity index is 540. The fourth-order valence-electron chi connectivity index (χ4n) is 2.03. The monoisotopic (exact) mass is 284 g/mol. The molecule has 0 spiro atoms. The van der Waals surface area contributed by atoms with Gasteiger partial charge < -0.3 is 4.74 Å². The highest BCUT2D eigenvalue weighted by Crippen LogP contribution is 2.41. The van der Waals surface area contributed by atoms with Crippen molar-refractivity contribution < 1.29 is 4.74 Å². The maximum Gasteiger partial charge on any atom is 0.128 e. The molecule has 104 valence electrons. The molecular weight excluding hydrogens is 264 g/mol. The minimum Gasteiger partial charge on any atom is -0.362 e. The molecule has 1 aromatic carbocycles. The van der Waals surface area contributed by atoms with Gasteiger partial charge in [-0.05, 0) is 40.9 Å². The van der Waals surface area contributed by atoms with E-state index in [1.165, 1.54) is 5.56 Å². The zero-order chi connectivity index (χ0) is 14.6. The van der Waals surface area contributed by atoms with E-state index in [1.807, 2.05) is 23.9 Å². The molecule has 0 amide bonds. The van der Waals surface area contributed by atoms with Crippen LogP contribution in [0.1, 0.15) is 37.3 Å². The molecule has 1 nitrogen and oxygen atoms in total. The molecule has 1 aliphatic rings. The minimum atomic E-state index is 0.142. The van der Waals surface area contributed by atoms with Gasteiger partial charge in [0.05, 0.1) is 6.61 Å². The second-order valence-corrected chi connectivity index (χ2v) is 7.17. The molecular formula is C18H20OS. The Balaban J connectivity index is 1.99. The number of ether oxygens (including phenoxy) is 1. The van der Waals surface area contributed by atoms with Crippen molar-refractivity contribution in [2.75, 3.05) is 12.4 Å². The smallest absolute Gasteiger partial charge is 0.128 e. The van der Waals surface area contributed by atoms with Gasteiger partial charge in [0.25, 0.3) is 0 Å². The summed E-state index contributed by atoms with van der Waals surface area (Å²) >= 11 is 1.88. The van der Waals surface area contributed by atoms with Crippen LogP contribution >= 0.6 is 11.8 Å². The lowest BCUT2D eigenvalue weighted by molar-refractivity contribution is 0.0396. The predicted octanol–water partition coefficient (Wildman–Crippen LogP) is 4.10. The van der Waals surface area contributed by atoms with Crippen LogP contribution in [0, 0.1) is 35.5 Å². The van der Waals surface area contributed by atoms with Crippen LogP contribution in [0.15, 0.2) is 24.3 Å². The van der Waals surface area contributed by atoms with Crippen LogP contribution in [0.4, 0.5) is 0 Å². The van der Waals surface area contributed by atoms with Crippen molar-refractivity contribution in [1.82, 2.24) is 0 Å². The van der Waals surface area contributed by atoms with Crippen LogP contribution in [-0.4, -0.2) is 12.4 Å². The van der Waals surface area contributed by atoms with E-state index >= 15 is 0 Å². The zero-order valence-electron chi connectivity index (χ0n) is 12.3. The molecule has 0 bridgehead atoms. The first-order valence-electron chi connectivity index (χ1n) is 6.80. The van der Waals surface area contributed by atoms with E-state index in [9.17, 15) is 0 Å². The third-order valence-corrected chi connectivity index (χ3v) is 4.89. The Kier molecular flexibility index (Phi) is 4.81. The molecule has 0 aliphatic carbocycles. The van der Waals surface area contributed by atoms with Crippen molar-refractivity contribution in [3.63, 3.8) is 0 Å². The first-order chi connectivity index (χ1) is 9.50. The predicted molar refractivity (Wildman–Crippen MR) is 86.2 cm³/mol. The lowest BCUT2D eigenvalue weighted by Gasteiger charge is -2.36. The third kappa shape index (κ3) is 3.83. The molecule has 0 saturated carbocycles. The van der Waals surface area contributed by atoms with E-state index in [0.29, 0.717) is 11.3 Å². The summed E-state index contributed by atoms with van der Waals surface area (Å²) in [5.41, 5.74) is 2.60.